The van der Waals surface area contributed by atoms with Gasteiger partial charge in [0, 0.05) is 21.5 Å². The summed E-state index contributed by atoms with van der Waals surface area (Å²) in [4.78, 5) is 12.4. The van der Waals surface area contributed by atoms with Gasteiger partial charge in [-0.25, -0.2) is 0 Å². The first-order chi connectivity index (χ1) is 14.7. The molecule has 1 heterocycles. The second-order valence-corrected chi connectivity index (χ2v) is 8.39. The molecule has 0 spiro atoms. The van der Waals surface area contributed by atoms with E-state index in [1.54, 1.807) is 23.9 Å². The molecule has 0 saturated heterocycles. The van der Waals surface area contributed by atoms with Crippen LogP contribution in [0, 0.1) is 0 Å². The van der Waals surface area contributed by atoms with E-state index in [0.29, 0.717) is 11.4 Å². The molecule has 30 heavy (non-hydrogen) atoms. The monoisotopic (exact) mass is 478 g/mol. The number of thioether (sulfide) groups is 1. The molecular weight excluding hydrogens is 460 g/mol. The van der Waals surface area contributed by atoms with Crippen LogP contribution < -0.4 is 5.32 Å². The third-order valence-electron chi connectivity index (χ3n) is 4.44. The Morgan fingerprint density at radius 3 is 2.27 bits per heavy atom. The van der Waals surface area contributed by atoms with Crippen molar-refractivity contribution in [2.45, 2.75) is 17.5 Å². The van der Waals surface area contributed by atoms with Gasteiger partial charge in [-0.1, -0.05) is 76.2 Å². The van der Waals surface area contributed by atoms with E-state index >= 15 is 0 Å². The maximum absolute atomic E-state index is 12.4. The lowest BCUT2D eigenvalue weighted by Gasteiger charge is -2.11. The van der Waals surface area contributed by atoms with Crippen LogP contribution in [0.25, 0.3) is 5.69 Å². The summed E-state index contributed by atoms with van der Waals surface area (Å²) in [5.41, 5.74) is 2.78. The van der Waals surface area contributed by atoms with E-state index in [-0.39, 0.29) is 12.5 Å². The van der Waals surface area contributed by atoms with Gasteiger partial charge in [0.1, 0.15) is 0 Å². The Bertz CT molecular complexity index is 1120. The Kier molecular flexibility index (Phi) is 6.61. The predicted molar refractivity (Wildman–Crippen MR) is 123 cm³/mol. The van der Waals surface area contributed by atoms with Crippen LogP contribution in [0.4, 0.5) is 0 Å². The van der Waals surface area contributed by atoms with E-state index in [1.807, 2.05) is 65.2 Å². The van der Waals surface area contributed by atoms with Gasteiger partial charge in [0.25, 0.3) is 5.91 Å². The Labute approximate surface area is 187 Å². The smallest absolute Gasteiger partial charge is 0.251 e. The number of nitrogens with zero attached hydrogens (tertiary/aromatic N) is 3. The largest absolute Gasteiger partial charge is 0.345 e. The first kappa shape index (κ1) is 20.4. The third kappa shape index (κ3) is 4.98. The van der Waals surface area contributed by atoms with Crippen molar-refractivity contribution in [3.8, 4) is 5.69 Å². The summed E-state index contributed by atoms with van der Waals surface area (Å²) in [7, 11) is 0. The highest BCUT2D eigenvalue weighted by molar-refractivity contribution is 9.10. The molecule has 0 aliphatic carbocycles. The first-order valence-electron chi connectivity index (χ1n) is 9.41. The number of hydrogen-bond donors (Lipinski definition) is 1. The summed E-state index contributed by atoms with van der Waals surface area (Å²) in [6.45, 7) is 0.286. The molecule has 1 N–H and O–H groups in total. The van der Waals surface area contributed by atoms with E-state index in [0.717, 1.165) is 21.1 Å². The molecule has 0 aliphatic rings. The molecule has 7 heteroatoms. The molecule has 1 aromatic heterocycles. The Morgan fingerprint density at radius 2 is 1.57 bits per heavy atom. The van der Waals surface area contributed by atoms with Crippen LogP contribution in [0.1, 0.15) is 21.7 Å². The van der Waals surface area contributed by atoms with Crippen LogP contribution in [0.3, 0.4) is 0 Å². The first-order valence-corrected chi connectivity index (χ1v) is 11.2. The minimum Gasteiger partial charge on any atom is -0.345 e. The minimum absolute atomic E-state index is 0.137. The lowest BCUT2D eigenvalue weighted by molar-refractivity contribution is 0.0949. The SMILES string of the molecule is O=C(NCc1nnc(SCc2ccc(Br)cc2)n1-c1ccccc1)c1ccccc1. The molecule has 5 nitrogen and oxygen atoms in total. The molecule has 0 aliphatic heterocycles. The minimum atomic E-state index is -0.137. The fourth-order valence-corrected chi connectivity index (χ4v) is 4.12. The van der Waals surface area contributed by atoms with E-state index in [1.165, 1.54) is 5.56 Å². The van der Waals surface area contributed by atoms with Crippen LogP contribution in [0.5, 0.6) is 0 Å². The summed E-state index contributed by atoms with van der Waals surface area (Å²) < 4.78 is 3.05. The van der Waals surface area contributed by atoms with Crippen molar-refractivity contribution in [3.05, 3.63) is 106 Å². The van der Waals surface area contributed by atoms with E-state index in [4.69, 9.17) is 0 Å². The number of hydrogen-bond acceptors (Lipinski definition) is 4. The van der Waals surface area contributed by atoms with Gasteiger partial charge in [-0.05, 0) is 42.0 Å². The molecule has 4 rings (SSSR count). The molecule has 3 aromatic carbocycles. The summed E-state index contributed by atoms with van der Waals surface area (Å²) in [5, 5.41) is 12.5. The maximum atomic E-state index is 12.4. The molecule has 0 bridgehead atoms. The average molecular weight is 479 g/mol. The normalized spacial score (nSPS) is 10.7. The van der Waals surface area contributed by atoms with Crippen LogP contribution in [-0.4, -0.2) is 20.7 Å². The number of halogens is 1. The molecular formula is C23H19BrN4OS. The molecule has 0 radical (unpaired) electrons. The number of aromatic nitrogens is 3. The predicted octanol–water partition coefficient (Wildman–Crippen LogP) is 5.25. The second-order valence-electron chi connectivity index (χ2n) is 6.53. The van der Waals surface area contributed by atoms with Gasteiger partial charge >= 0.3 is 0 Å². The van der Waals surface area contributed by atoms with E-state index in [2.05, 4.69) is 43.6 Å². The average Bonchev–Trinajstić information content (AvgIpc) is 3.21. The van der Waals surface area contributed by atoms with E-state index in [9.17, 15) is 4.79 Å². The van der Waals surface area contributed by atoms with Crippen molar-refractivity contribution >= 4 is 33.6 Å². The summed E-state index contributed by atoms with van der Waals surface area (Å²) in [6.07, 6.45) is 0. The zero-order chi connectivity index (χ0) is 20.8. The highest BCUT2D eigenvalue weighted by atomic mass is 79.9. The van der Waals surface area contributed by atoms with Crippen LogP contribution in [-0.2, 0) is 12.3 Å². The quantitative estimate of drug-likeness (QED) is 0.368. The number of carbonyl (C=O) groups excluding carboxylic acids is 1. The Morgan fingerprint density at radius 1 is 0.900 bits per heavy atom. The van der Waals surface area contributed by atoms with Crippen LogP contribution in [0.15, 0.2) is 94.6 Å². The number of para-hydroxylation sites is 1. The Balaban J connectivity index is 1.54. The second kappa shape index (κ2) is 9.73. The van der Waals surface area contributed by atoms with Crippen molar-refractivity contribution in [1.29, 1.82) is 0 Å². The van der Waals surface area contributed by atoms with Crippen molar-refractivity contribution < 1.29 is 4.79 Å². The zero-order valence-electron chi connectivity index (χ0n) is 16.0. The highest BCUT2D eigenvalue weighted by Gasteiger charge is 2.16. The molecule has 0 fully saturated rings. The van der Waals surface area contributed by atoms with Gasteiger partial charge in [-0.15, -0.1) is 10.2 Å². The van der Waals surface area contributed by atoms with Crippen molar-refractivity contribution in [1.82, 2.24) is 20.1 Å². The van der Waals surface area contributed by atoms with Gasteiger partial charge in [0.2, 0.25) is 0 Å². The third-order valence-corrected chi connectivity index (χ3v) is 5.97. The van der Waals surface area contributed by atoms with Gasteiger partial charge in [0.15, 0.2) is 11.0 Å². The summed E-state index contributed by atoms with van der Waals surface area (Å²) in [5.74, 6) is 1.32. The number of amides is 1. The fraction of sp³-hybridized carbons (Fsp3) is 0.0870. The lowest BCUT2D eigenvalue weighted by Crippen LogP contribution is -2.24. The van der Waals surface area contributed by atoms with Crippen molar-refractivity contribution in [2.24, 2.45) is 0 Å². The number of rotatable bonds is 7. The summed E-state index contributed by atoms with van der Waals surface area (Å²) in [6, 6.07) is 27.3. The van der Waals surface area contributed by atoms with Gasteiger partial charge in [-0.3, -0.25) is 9.36 Å². The molecule has 0 unspecified atom stereocenters. The number of nitrogens with one attached hydrogen (secondary N) is 1. The fourth-order valence-electron chi connectivity index (χ4n) is 2.92. The number of carbonyl (C=O) groups is 1. The summed E-state index contributed by atoms with van der Waals surface area (Å²) >= 11 is 5.08. The van der Waals surface area contributed by atoms with Crippen LogP contribution in [0.2, 0.25) is 0 Å². The zero-order valence-corrected chi connectivity index (χ0v) is 18.4. The molecule has 150 valence electrons. The highest BCUT2D eigenvalue weighted by Crippen LogP contribution is 2.26. The van der Waals surface area contributed by atoms with Gasteiger partial charge < -0.3 is 5.32 Å². The lowest BCUT2D eigenvalue weighted by atomic mass is 10.2. The topological polar surface area (TPSA) is 59.8 Å². The molecule has 0 atom stereocenters. The maximum Gasteiger partial charge on any atom is 0.251 e. The van der Waals surface area contributed by atoms with Crippen molar-refractivity contribution in [3.63, 3.8) is 0 Å². The van der Waals surface area contributed by atoms with Gasteiger partial charge in [-0.2, -0.15) is 0 Å². The standard InChI is InChI=1S/C23H19BrN4OS/c24-19-13-11-17(12-14-19)16-30-23-27-26-21(28(23)20-9-5-2-6-10-20)15-25-22(29)18-7-3-1-4-8-18/h1-14H,15-16H2,(H,25,29). The molecule has 4 aromatic rings. The Hall–Kier alpha value is -2.90. The van der Waals surface area contributed by atoms with Crippen molar-refractivity contribution in [2.75, 3.05) is 0 Å². The molecule has 1 amide bonds. The number of benzene rings is 3. The van der Waals surface area contributed by atoms with Gasteiger partial charge in [0.05, 0.1) is 6.54 Å². The van der Waals surface area contributed by atoms with Crippen LogP contribution >= 0.6 is 27.7 Å². The van der Waals surface area contributed by atoms with E-state index < -0.39 is 0 Å². The molecule has 0 saturated carbocycles.